The third-order valence-corrected chi connectivity index (χ3v) is 3.87. The summed E-state index contributed by atoms with van der Waals surface area (Å²) in [5, 5.41) is 0. The van der Waals surface area contributed by atoms with Gasteiger partial charge in [0.2, 0.25) is 0 Å². The zero-order valence-corrected chi connectivity index (χ0v) is 10.5. The lowest BCUT2D eigenvalue weighted by atomic mass is 9.64. The zero-order valence-electron chi connectivity index (χ0n) is 10.5. The highest BCUT2D eigenvalue weighted by Crippen LogP contribution is 2.47. The maximum absolute atomic E-state index is 11.0. The molecule has 0 heterocycles. The highest BCUT2D eigenvalue weighted by atomic mass is 16.6. The molecular weight excluding hydrogens is 224 g/mol. The molecule has 0 bridgehead atoms. The van der Waals surface area contributed by atoms with Crippen LogP contribution < -0.4 is 11.5 Å². The molecule has 2 unspecified atom stereocenters. The Labute approximate surface area is 101 Å². The standard InChI is InChI=1S/C11H20N2O4/c1-10(2)7(16-8(12)14)5-4-6-11(10,3)17-9(13)15/h7H,4-6H2,1-3H3,(H2,12,14)(H2,13,15). The Balaban J connectivity index is 2.92. The number of nitrogens with two attached hydrogens (primary N) is 2. The Kier molecular flexibility index (Phi) is 3.54. The summed E-state index contributed by atoms with van der Waals surface area (Å²) in [5.41, 5.74) is 8.84. The molecule has 0 spiro atoms. The van der Waals surface area contributed by atoms with Gasteiger partial charge in [0.15, 0.2) is 0 Å². The smallest absolute Gasteiger partial charge is 0.405 e. The molecule has 0 saturated heterocycles. The normalized spacial score (nSPS) is 31.6. The molecule has 6 nitrogen and oxygen atoms in total. The molecule has 4 N–H and O–H groups in total. The van der Waals surface area contributed by atoms with Crippen LogP contribution in [0, 0.1) is 5.41 Å². The van der Waals surface area contributed by atoms with Crippen LogP contribution in [0.15, 0.2) is 0 Å². The molecule has 1 rings (SSSR count). The summed E-state index contributed by atoms with van der Waals surface area (Å²) < 4.78 is 10.3. The van der Waals surface area contributed by atoms with E-state index in [0.717, 1.165) is 6.42 Å². The number of primary amides is 2. The van der Waals surface area contributed by atoms with E-state index in [-0.39, 0.29) is 6.10 Å². The molecule has 1 aliphatic carbocycles. The molecule has 1 saturated carbocycles. The lowest BCUT2D eigenvalue weighted by molar-refractivity contribution is -0.143. The minimum atomic E-state index is -0.819. The first kappa shape index (κ1) is 13.6. The lowest BCUT2D eigenvalue weighted by Crippen LogP contribution is -2.56. The maximum atomic E-state index is 11.0. The van der Waals surface area contributed by atoms with E-state index in [1.165, 1.54) is 0 Å². The highest BCUT2D eigenvalue weighted by Gasteiger charge is 2.53. The van der Waals surface area contributed by atoms with E-state index < -0.39 is 23.2 Å². The van der Waals surface area contributed by atoms with Crippen LogP contribution in [0.25, 0.3) is 0 Å². The monoisotopic (exact) mass is 244 g/mol. The van der Waals surface area contributed by atoms with Crippen molar-refractivity contribution in [3.8, 4) is 0 Å². The fourth-order valence-electron chi connectivity index (χ4n) is 2.40. The van der Waals surface area contributed by atoms with Crippen molar-refractivity contribution in [2.45, 2.75) is 51.7 Å². The second-order valence-electron chi connectivity index (χ2n) is 5.19. The van der Waals surface area contributed by atoms with Gasteiger partial charge in [0.05, 0.1) is 0 Å². The number of amides is 2. The largest absolute Gasteiger partial charge is 0.446 e. The minimum Gasteiger partial charge on any atom is -0.446 e. The van der Waals surface area contributed by atoms with Crippen molar-refractivity contribution in [2.75, 3.05) is 0 Å². The number of hydrogen-bond donors (Lipinski definition) is 2. The van der Waals surface area contributed by atoms with Gasteiger partial charge in [-0.15, -0.1) is 0 Å². The SMILES string of the molecule is CC1(OC(N)=O)CCCC(OC(N)=O)C1(C)C. The number of carbonyl (C=O) groups is 2. The van der Waals surface area contributed by atoms with E-state index in [1.807, 2.05) is 13.8 Å². The van der Waals surface area contributed by atoms with Crippen molar-refractivity contribution >= 4 is 12.2 Å². The van der Waals surface area contributed by atoms with Crippen molar-refractivity contribution in [1.29, 1.82) is 0 Å². The number of ether oxygens (including phenoxy) is 2. The Hall–Kier alpha value is -1.46. The van der Waals surface area contributed by atoms with E-state index in [4.69, 9.17) is 20.9 Å². The van der Waals surface area contributed by atoms with Crippen LogP contribution in [0.3, 0.4) is 0 Å². The van der Waals surface area contributed by atoms with Crippen LogP contribution in [0.1, 0.15) is 40.0 Å². The number of carbonyl (C=O) groups excluding carboxylic acids is 2. The summed E-state index contributed by atoms with van der Waals surface area (Å²) in [4.78, 5) is 21.8. The fourth-order valence-corrected chi connectivity index (χ4v) is 2.40. The van der Waals surface area contributed by atoms with Crippen molar-refractivity contribution in [3.63, 3.8) is 0 Å². The number of hydrogen-bond acceptors (Lipinski definition) is 4. The van der Waals surface area contributed by atoms with E-state index in [9.17, 15) is 9.59 Å². The quantitative estimate of drug-likeness (QED) is 0.768. The fraction of sp³-hybridized carbons (Fsp3) is 0.818. The van der Waals surface area contributed by atoms with Gasteiger partial charge in [0, 0.05) is 5.41 Å². The van der Waals surface area contributed by atoms with E-state index in [1.54, 1.807) is 6.92 Å². The van der Waals surface area contributed by atoms with Gasteiger partial charge < -0.3 is 20.9 Å². The highest BCUT2D eigenvalue weighted by molar-refractivity contribution is 5.66. The minimum absolute atomic E-state index is 0.377. The Morgan fingerprint density at radius 2 is 1.76 bits per heavy atom. The molecule has 17 heavy (non-hydrogen) atoms. The van der Waals surface area contributed by atoms with Crippen LogP contribution >= 0.6 is 0 Å². The molecular formula is C11H20N2O4. The van der Waals surface area contributed by atoms with Gasteiger partial charge in [0.1, 0.15) is 11.7 Å². The molecule has 0 aromatic carbocycles. The second kappa shape index (κ2) is 4.43. The third-order valence-electron chi connectivity index (χ3n) is 3.87. The summed E-state index contributed by atoms with van der Waals surface area (Å²) in [6.45, 7) is 5.56. The average Bonchev–Trinajstić information content (AvgIpc) is 2.12. The molecule has 0 aromatic rings. The molecule has 2 atom stereocenters. The van der Waals surface area contributed by atoms with Crippen molar-refractivity contribution < 1.29 is 19.1 Å². The Morgan fingerprint density at radius 3 is 2.24 bits per heavy atom. The molecule has 0 aromatic heterocycles. The summed E-state index contributed by atoms with van der Waals surface area (Å²) in [5.74, 6) is 0. The first-order chi connectivity index (χ1) is 7.69. The van der Waals surface area contributed by atoms with E-state index >= 15 is 0 Å². The number of rotatable bonds is 2. The third kappa shape index (κ3) is 2.62. The molecule has 2 amide bonds. The predicted octanol–water partition coefficient (Wildman–Crippen LogP) is 1.51. The average molecular weight is 244 g/mol. The van der Waals surface area contributed by atoms with Gasteiger partial charge in [-0.3, -0.25) is 0 Å². The molecule has 0 aliphatic heterocycles. The van der Waals surface area contributed by atoms with Gasteiger partial charge in [-0.05, 0) is 26.2 Å². The summed E-state index contributed by atoms with van der Waals surface area (Å²) in [6.07, 6.45) is 0.158. The van der Waals surface area contributed by atoms with Crippen LogP contribution in [0.5, 0.6) is 0 Å². The van der Waals surface area contributed by atoms with Crippen LogP contribution in [-0.2, 0) is 9.47 Å². The molecule has 1 aliphatic rings. The first-order valence-corrected chi connectivity index (χ1v) is 5.63. The molecule has 6 heteroatoms. The Bertz CT molecular complexity index is 329. The van der Waals surface area contributed by atoms with Crippen molar-refractivity contribution in [3.05, 3.63) is 0 Å². The topological polar surface area (TPSA) is 105 Å². The second-order valence-corrected chi connectivity index (χ2v) is 5.19. The van der Waals surface area contributed by atoms with Crippen LogP contribution in [0.4, 0.5) is 9.59 Å². The van der Waals surface area contributed by atoms with Gasteiger partial charge in [0.25, 0.3) is 0 Å². The lowest BCUT2D eigenvalue weighted by Gasteiger charge is -2.50. The summed E-state index contributed by atoms with van der Waals surface area (Å²) in [6, 6.07) is 0. The molecule has 98 valence electrons. The van der Waals surface area contributed by atoms with Gasteiger partial charge >= 0.3 is 12.2 Å². The maximum Gasteiger partial charge on any atom is 0.405 e. The van der Waals surface area contributed by atoms with E-state index in [0.29, 0.717) is 12.8 Å². The molecule has 1 fully saturated rings. The first-order valence-electron chi connectivity index (χ1n) is 5.63. The summed E-state index contributed by atoms with van der Waals surface area (Å²) >= 11 is 0. The van der Waals surface area contributed by atoms with Crippen LogP contribution in [-0.4, -0.2) is 23.9 Å². The predicted molar refractivity (Wildman–Crippen MR) is 61.2 cm³/mol. The van der Waals surface area contributed by atoms with Gasteiger partial charge in [-0.1, -0.05) is 13.8 Å². The molecule has 0 radical (unpaired) electrons. The van der Waals surface area contributed by atoms with Gasteiger partial charge in [-0.25, -0.2) is 9.59 Å². The van der Waals surface area contributed by atoms with Gasteiger partial charge in [-0.2, -0.15) is 0 Å². The van der Waals surface area contributed by atoms with Crippen LogP contribution in [0.2, 0.25) is 0 Å². The van der Waals surface area contributed by atoms with E-state index in [2.05, 4.69) is 0 Å². The van der Waals surface area contributed by atoms with Crippen molar-refractivity contribution in [1.82, 2.24) is 0 Å². The summed E-state index contributed by atoms with van der Waals surface area (Å²) in [7, 11) is 0. The van der Waals surface area contributed by atoms with Crippen molar-refractivity contribution in [2.24, 2.45) is 16.9 Å². The Morgan fingerprint density at radius 1 is 1.18 bits per heavy atom. The zero-order chi connectivity index (χ0) is 13.3.